The number of hydrogen-bond donors (Lipinski definition) is 2. The van der Waals surface area contributed by atoms with Crippen molar-refractivity contribution in [3.05, 3.63) is 110 Å². The van der Waals surface area contributed by atoms with E-state index in [9.17, 15) is 0 Å². The van der Waals surface area contributed by atoms with Crippen LogP contribution in [0.5, 0.6) is 0 Å². The lowest BCUT2D eigenvalue weighted by atomic mass is 10.0. The quantitative estimate of drug-likeness (QED) is 0.239. The molecule has 0 radical (unpaired) electrons. The summed E-state index contributed by atoms with van der Waals surface area (Å²) >= 11 is 0. The molecule has 160 valence electrons. The minimum Gasteiger partial charge on any atom is -0.361 e. The highest BCUT2D eigenvalue weighted by molar-refractivity contribution is 6.19. The van der Waals surface area contributed by atoms with Gasteiger partial charge in [0.25, 0.3) is 0 Å². The Morgan fingerprint density at radius 1 is 0.441 bits per heavy atom. The summed E-state index contributed by atoms with van der Waals surface area (Å²) in [6, 6.07) is 29.5. The molecule has 4 aromatic carbocycles. The van der Waals surface area contributed by atoms with Crippen molar-refractivity contribution >= 4 is 65.2 Å². The van der Waals surface area contributed by atoms with Crippen LogP contribution in [0.3, 0.4) is 0 Å². The summed E-state index contributed by atoms with van der Waals surface area (Å²) in [5, 5.41) is 9.82. The third kappa shape index (κ3) is 2.86. The molecule has 0 atom stereocenters. The van der Waals surface area contributed by atoms with Crippen molar-refractivity contribution in [3.63, 3.8) is 0 Å². The van der Waals surface area contributed by atoms with Crippen molar-refractivity contribution in [2.75, 3.05) is 0 Å². The number of aromatic amines is 2. The summed E-state index contributed by atoms with van der Waals surface area (Å²) in [5.41, 5.74) is 4.48. The van der Waals surface area contributed by atoms with E-state index in [2.05, 4.69) is 92.7 Å². The van der Waals surface area contributed by atoms with Crippen molar-refractivity contribution in [1.29, 1.82) is 0 Å². The average Bonchev–Trinajstić information content (AvgIpc) is 3.58. The highest BCUT2D eigenvalue weighted by atomic mass is 14.7. The van der Waals surface area contributed by atoms with E-state index in [1.54, 1.807) is 0 Å². The Hall–Kier alpha value is -4.70. The van der Waals surface area contributed by atoms with Gasteiger partial charge in [-0.1, -0.05) is 48.5 Å². The van der Waals surface area contributed by atoms with Gasteiger partial charge in [-0.15, -0.1) is 0 Å². The van der Waals surface area contributed by atoms with Gasteiger partial charge in [-0.3, -0.25) is 9.97 Å². The SMILES string of the molecule is c1c[nH]c2ccc3ccc4ccnc4c3c2c1.c1c[nH]c2ccc3ccc4ccnc4c3c2c1. The van der Waals surface area contributed by atoms with E-state index in [-0.39, 0.29) is 0 Å². The van der Waals surface area contributed by atoms with E-state index in [0.29, 0.717) is 0 Å². The number of nitrogens with zero attached hydrogens (tertiary/aromatic N) is 2. The van der Waals surface area contributed by atoms with Crippen LogP contribution in [0.1, 0.15) is 0 Å². The molecule has 34 heavy (non-hydrogen) atoms. The van der Waals surface area contributed by atoms with Gasteiger partial charge < -0.3 is 9.97 Å². The smallest absolute Gasteiger partial charge is 0.0787 e. The maximum Gasteiger partial charge on any atom is 0.0787 e. The maximum atomic E-state index is 4.48. The molecule has 0 saturated carbocycles. The Labute approximate surface area is 194 Å². The molecule has 4 nitrogen and oxygen atoms in total. The van der Waals surface area contributed by atoms with Crippen molar-refractivity contribution in [2.24, 2.45) is 0 Å². The Balaban J connectivity index is 0.000000118. The fourth-order valence-electron chi connectivity index (χ4n) is 4.98. The van der Waals surface area contributed by atoms with Gasteiger partial charge in [0, 0.05) is 68.1 Å². The predicted molar refractivity (Wildman–Crippen MR) is 142 cm³/mol. The van der Waals surface area contributed by atoms with E-state index in [4.69, 9.17) is 0 Å². The lowest BCUT2D eigenvalue weighted by Gasteiger charge is -2.04. The van der Waals surface area contributed by atoms with Gasteiger partial charge in [0.2, 0.25) is 0 Å². The molecule has 0 saturated heterocycles. The molecular formula is C30H20N4. The molecule has 0 fully saturated rings. The minimum absolute atomic E-state index is 1.09. The van der Waals surface area contributed by atoms with Crippen LogP contribution in [-0.4, -0.2) is 19.9 Å². The number of aromatic nitrogens is 4. The molecule has 4 aromatic heterocycles. The van der Waals surface area contributed by atoms with Gasteiger partial charge in [-0.05, 0) is 47.2 Å². The summed E-state index contributed by atoms with van der Waals surface area (Å²) < 4.78 is 0. The first-order valence-electron chi connectivity index (χ1n) is 11.3. The molecule has 0 aliphatic carbocycles. The molecule has 8 rings (SSSR count). The van der Waals surface area contributed by atoms with Gasteiger partial charge in [0.05, 0.1) is 11.0 Å². The monoisotopic (exact) mass is 436 g/mol. The van der Waals surface area contributed by atoms with E-state index in [1.807, 2.05) is 36.9 Å². The van der Waals surface area contributed by atoms with Crippen LogP contribution in [0.25, 0.3) is 65.2 Å². The highest BCUT2D eigenvalue weighted by Gasteiger charge is 2.07. The molecule has 0 unspecified atom stereocenters. The first-order valence-corrected chi connectivity index (χ1v) is 11.3. The van der Waals surface area contributed by atoms with Crippen molar-refractivity contribution in [3.8, 4) is 0 Å². The second-order valence-electron chi connectivity index (χ2n) is 8.49. The van der Waals surface area contributed by atoms with Crippen molar-refractivity contribution in [2.45, 2.75) is 0 Å². The highest BCUT2D eigenvalue weighted by Crippen LogP contribution is 2.31. The van der Waals surface area contributed by atoms with Crippen LogP contribution in [0.15, 0.2) is 110 Å². The maximum absolute atomic E-state index is 4.48. The van der Waals surface area contributed by atoms with Gasteiger partial charge in [0.15, 0.2) is 0 Å². The topological polar surface area (TPSA) is 57.4 Å². The van der Waals surface area contributed by atoms with Gasteiger partial charge in [0.1, 0.15) is 0 Å². The van der Waals surface area contributed by atoms with Crippen LogP contribution in [0.2, 0.25) is 0 Å². The molecule has 0 spiro atoms. The number of pyridine rings is 2. The third-order valence-corrected chi connectivity index (χ3v) is 6.57. The molecule has 2 N–H and O–H groups in total. The van der Waals surface area contributed by atoms with Crippen molar-refractivity contribution in [1.82, 2.24) is 19.9 Å². The van der Waals surface area contributed by atoms with Crippen LogP contribution >= 0.6 is 0 Å². The molecular weight excluding hydrogens is 416 g/mol. The van der Waals surface area contributed by atoms with Crippen LogP contribution < -0.4 is 0 Å². The Morgan fingerprint density at radius 3 is 1.38 bits per heavy atom. The number of hydrogen-bond acceptors (Lipinski definition) is 2. The minimum atomic E-state index is 1.09. The standard InChI is InChI=1S/2C15H10N2/c2*1-2-12-13(16-8-1)6-5-10-3-4-11-7-9-17-15(11)14(10)12/h2*1-9,16H. The fraction of sp³-hybridized carbons (Fsp3) is 0. The van der Waals surface area contributed by atoms with Crippen LogP contribution in [0, 0.1) is 0 Å². The van der Waals surface area contributed by atoms with E-state index in [0.717, 1.165) is 22.1 Å². The summed E-state index contributed by atoms with van der Waals surface area (Å²) in [5.74, 6) is 0. The van der Waals surface area contributed by atoms with Gasteiger partial charge in [-0.2, -0.15) is 0 Å². The summed E-state index contributed by atoms with van der Waals surface area (Å²) in [6.45, 7) is 0. The Morgan fingerprint density at radius 2 is 0.882 bits per heavy atom. The summed E-state index contributed by atoms with van der Waals surface area (Å²) in [4.78, 5) is 15.5. The normalized spacial score (nSPS) is 11.5. The zero-order valence-electron chi connectivity index (χ0n) is 18.3. The Bertz CT molecular complexity index is 1830. The first kappa shape index (κ1) is 18.8. The number of benzene rings is 4. The fourth-order valence-corrected chi connectivity index (χ4v) is 4.98. The van der Waals surface area contributed by atoms with Crippen LogP contribution in [-0.2, 0) is 0 Å². The number of nitrogens with one attached hydrogen (secondary N) is 2. The van der Waals surface area contributed by atoms with Crippen LogP contribution in [0.4, 0.5) is 0 Å². The number of H-pyrrole nitrogens is 2. The summed E-state index contributed by atoms with van der Waals surface area (Å²) in [6.07, 6.45) is 7.64. The van der Waals surface area contributed by atoms with Gasteiger partial charge >= 0.3 is 0 Å². The molecule has 0 aliphatic heterocycles. The first-order chi connectivity index (χ1) is 16.9. The number of fused-ring (bicyclic) bond motifs is 10. The molecule has 0 aliphatic rings. The third-order valence-electron chi connectivity index (χ3n) is 6.57. The second-order valence-corrected chi connectivity index (χ2v) is 8.49. The van der Waals surface area contributed by atoms with Gasteiger partial charge in [-0.25, -0.2) is 0 Å². The lowest BCUT2D eigenvalue weighted by molar-refractivity contribution is 1.42. The molecule has 4 heterocycles. The van der Waals surface area contributed by atoms with E-state index >= 15 is 0 Å². The largest absolute Gasteiger partial charge is 0.361 e. The summed E-state index contributed by atoms with van der Waals surface area (Å²) in [7, 11) is 0. The zero-order chi connectivity index (χ0) is 22.5. The molecule has 4 heteroatoms. The van der Waals surface area contributed by atoms with E-state index < -0.39 is 0 Å². The van der Waals surface area contributed by atoms with Crippen molar-refractivity contribution < 1.29 is 0 Å². The predicted octanol–water partition coefficient (Wildman–Crippen LogP) is 7.74. The Kier molecular flexibility index (Phi) is 4.11. The molecule has 0 amide bonds. The average molecular weight is 437 g/mol. The molecule has 0 bridgehead atoms. The number of rotatable bonds is 0. The zero-order valence-corrected chi connectivity index (χ0v) is 18.3. The molecule has 8 aromatic rings. The lowest BCUT2D eigenvalue weighted by Crippen LogP contribution is -1.81. The second kappa shape index (κ2) is 7.42. The van der Waals surface area contributed by atoms with E-state index in [1.165, 1.54) is 43.1 Å².